The monoisotopic (exact) mass is 393 g/mol. The number of likely N-dealkylation sites (tertiary alicyclic amines) is 1. The van der Waals surface area contributed by atoms with Crippen LogP contribution in [0.3, 0.4) is 0 Å². The molecule has 1 amide bonds. The molecule has 1 aromatic heterocycles. The number of pyridine rings is 1. The first-order valence-corrected chi connectivity index (χ1v) is 10.4. The summed E-state index contributed by atoms with van der Waals surface area (Å²) in [5.74, 6) is -0.745. The Hall–Kier alpha value is -2.89. The van der Waals surface area contributed by atoms with Crippen molar-refractivity contribution in [1.82, 2.24) is 9.88 Å². The van der Waals surface area contributed by atoms with Crippen molar-refractivity contribution in [3.63, 3.8) is 0 Å². The molecule has 6 nitrogen and oxygen atoms in total. The zero-order chi connectivity index (χ0) is 20.4. The van der Waals surface area contributed by atoms with Gasteiger partial charge in [0.1, 0.15) is 5.69 Å². The van der Waals surface area contributed by atoms with Crippen molar-refractivity contribution in [2.45, 2.75) is 51.0 Å². The number of hydrogen-bond acceptors (Lipinski definition) is 4. The highest BCUT2D eigenvalue weighted by Gasteiger charge is 2.36. The molecule has 2 aromatic rings. The van der Waals surface area contributed by atoms with Gasteiger partial charge >= 0.3 is 5.97 Å². The molecule has 4 rings (SSSR count). The van der Waals surface area contributed by atoms with Crippen LogP contribution >= 0.6 is 0 Å². The third-order valence-electron chi connectivity index (χ3n) is 6.29. The molecule has 152 valence electrons. The summed E-state index contributed by atoms with van der Waals surface area (Å²) >= 11 is 0. The topological polar surface area (TPSA) is 96.5 Å². The number of nitrogen functional groups attached to an aromatic ring is 1. The van der Waals surface area contributed by atoms with Crippen LogP contribution in [0.1, 0.15) is 54.6 Å². The van der Waals surface area contributed by atoms with Gasteiger partial charge in [0, 0.05) is 36.0 Å². The van der Waals surface area contributed by atoms with Gasteiger partial charge < -0.3 is 15.7 Å². The van der Waals surface area contributed by atoms with Crippen molar-refractivity contribution in [1.29, 1.82) is 0 Å². The van der Waals surface area contributed by atoms with Crippen LogP contribution in [0, 0.1) is 5.92 Å². The van der Waals surface area contributed by atoms with E-state index < -0.39 is 5.97 Å². The van der Waals surface area contributed by atoms with Gasteiger partial charge in [0.25, 0.3) is 0 Å². The van der Waals surface area contributed by atoms with Gasteiger partial charge in [0.15, 0.2) is 0 Å². The summed E-state index contributed by atoms with van der Waals surface area (Å²) in [6.45, 7) is 0.869. The number of aromatic carboxylic acids is 1. The number of carbonyl (C=O) groups excluding carboxylic acids is 1. The number of benzene rings is 1. The fourth-order valence-corrected chi connectivity index (χ4v) is 4.62. The summed E-state index contributed by atoms with van der Waals surface area (Å²) in [6.07, 6.45) is 9.15. The number of amides is 1. The van der Waals surface area contributed by atoms with Gasteiger partial charge in [0.2, 0.25) is 5.91 Å². The molecule has 3 N–H and O–H groups in total. The van der Waals surface area contributed by atoms with E-state index in [0.29, 0.717) is 18.2 Å². The molecule has 1 saturated heterocycles. The Labute approximate surface area is 170 Å². The normalized spacial score (nSPS) is 20.2. The van der Waals surface area contributed by atoms with Gasteiger partial charge in [-0.05, 0) is 48.9 Å². The van der Waals surface area contributed by atoms with Gasteiger partial charge in [0.05, 0.1) is 0 Å². The van der Waals surface area contributed by atoms with E-state index in [1.165, 1.54) is 25.3 Å². The van der Waals surface area contributed by atoms with E-state index in [2.05, 4.69) is 9.88 Å². The van der Waals surface area contributed by atoms with Crippen LogP contribution in [0.4, 0.5) is 5.69 Å². The molecule has 6 heteroatoms. The maximum atomic E-state index is 12.9. The minimum Gasteiger partial charge on any atom is -0.477 e. The van der Waals surface area contributed by atoms with E-state index in [4.69, 9.17) is 10.8 Å². The minimum absolute atomic E-state index is 0.0145. The number of aromatic nitrogens is 1. The Morgan fingerprint density at radius 1 is 1.10 bits per heavy atom. The Kier molecular flexibility index (Phi) is 5.51. The third kappa shape index (κ3) is 4.11. The van der Waals surface area contributed by atoms with E-state index in [1.54, 1.807) is 12.3 Å². The fraction of sp³-hybridized carbons (Fsp3) is 0.435. The summed E-state index contributed by atoms with van der Waals surface area (Å²) in [6, 6.07) is 9.47. The SMILES string of the molecule is Nc1cc(-c2ccc(C(=O)O)nc2)ccc1CC1CCN(C2CCCCC2)C1=O. The van der Waals surface area contributed by atoms with Gasteiger partial charge in [-0.3, -0.25) is 4.79 Å². The number of rotatable bonds is 5. The average molecular weight is 393 g/mol. The van der Waals surface area contributed by atoms with Crippen LogP contribution in [-0.2, 0) is 11.2 Å². The lowest BCUT2D eigenvalue weighted by molar-refractivity contribution is -0.133. The van der Waals surface area contributed by atoms with Crippen molar-refractivity contribution < 1.29 is 14.7 Å². The van der Waals surface area contributed by atoms with Crippen molar-refractivity contribution >= 4 is 17.6 Å². The lowest BCUT2D eigenvalue weighted by Gasteiger charge is -2.31. The maximum absolute atomic E-state index is 12.9. The molecule has 29 heavy (non-hydrogen) atoms. The van der Waals surface area contributed by atoms with Crippen LogP contribution in [0.5, 0.6) is 0 Å². The maximum Gasteiger partial charge on any atom is 0.354 e. The van der Waals surface area contributed by atoms with E-state index in [-0.39, 0.29) is 17.5 Å². The average Bonchev–Trinajstić information content (AvgIpc) is 3.10. The first kappa shape index (κ1) is 19.4. The number of nitrogens with two attached hydrogens (primary N) is 1. The summed E-state index contributed by atoms with van der Waals surface area (Å²) in [5, 5.41) is 8.97. The zero-order valence-corrected chi connectivity index (χ0v) is 16.5. The van der Waals surface area contributed by atoms with Crippen LogP contribution < -0.4 is 5.73 Å². The number of carboxylic acid groups (broad SMARTS) is 1. The Morgan fingerprint density at radius 3 is 2.52 bits per heavy atom. The van der Waals surface area contributed by atoms with E-state index in [1.807, 2.05) is 18.2 Å². The Morgan fingerprint density at radius 2 is 1.86 bits per heavy atom. The molecule has 1 aromatic carbocycles. The second kappa shape index (κ2) is 8.23. The van der Waals surface area contributed by atoms with E-state index in [0.717, 1.165) is 42.5 Å². The largest absolute Gasteiger partial charge is 0.477 e. The lowest BCUT2D eigenvalue weighted by atomic mass is 9.93. The number of carboxylic acids is 1. The van der Waals surface area contributed by atoms with Gasteiger partial charge in [-0.15, -0.1) is 0 Å². The standard InChI is InChI=1S/C23H27N3O3/c24-20-13-15(18-8-9-21(23(28)29)25-14-18)6-7-16(20)12-17-10-11-26(22(17)27)19-4-2-1-3-5-19/h6-9,13-14,17,19H,1-5,10-12,24H2,(H,28,29). The van der Waals surface area contributed by atoms with Gasteiger partial charge in [-0.25, -0.2) is 9.78 Å². The van der Waals surface area contributed by atoms with Crippen molar-refractivity contribution in [3.05, 3.63) is 47.8 Å². The minimum atomic E-state index is -1.05. The number of hydrogen-bond donors (Lipinski definition) is 2. The first-order valence-electron chi connectivity index (χ1n) is 10.4. The smallest absolute Gasteiger partial charge is 0.354 e. The predicted molar refractivity (Wildman–Crippen MR) is 111 cm³/mol. The third-order valence-corrected chi connectivity index (χ3v) is 6.29. The van der Waals surface area contributed by atoms with E-state index >= 15 is 0 Å². The fourth-order valence-electron chi connectivity index (χ4n) is 4.62. The highest BCUT2D eigenvalue weighted by molar-refractivity contribution is 5.86. The van der Waals surface area contributed by atoms with Crippen molar-refractivity contribution in [2.75, 3.05) is 12.3 Å². The molecule has 0 radical (unpaired) electrons. The number of nitrogens with zero attached hydrogens (tertiary/aromatic N) is 2. The van der Waals surface area contributed by atoms with Crippen LogP contribution in [-0.4, -0.2) is 39.5 Å². The zero-order valence-electron chi connectivity index (χ0n) is 16.5. The molecular weight excluding hydrogens is 366 g/mol. The first-order chi connectivity index (χ1) is 14.0. The molecule has 2 aliphatic rings. The van der Waals surface area contributed by atoms with Crippen molar-refractivity contribution in [3.8, 4) is 11.1 Å². The molecule has 0 bridgehead atoms. The predicted octanol–water partition coefficient (Wildman–Crippen LogP) is 3.75. The number of anilines is 1. The molecular formula is C23H27N3O3. The number of carbonyl (C=O) groups is 2. The summed E-state index contributed by atoms with van der Waals surface area (Å²) in [5.41, 5.74) is 9.67. The second-order valence-electron chi connectivity index (χ2n) is 8.16. The van der Waals surface area contributed by atoms with E-state index in [9.17, 15) is 9.59 Å². The molecule has 1 atom stereocenters. The van der Waals surface area contributed by atoms with Crippen LogP contribution in [0.25, 0.3) is 11.1 Å². The molecule has 2 fully saturated rings. The van der Waals surface area contributed by atoms with Gasteiger partial charge in [-0.1, -0.05) is 37.5 Å². The molecule has 0 spiro atoms. The summed E-state index contributed by atoms with van der Waals surface area (Å²) in [4.78, 5) is 30.0. The molecule has 1 aliphatic heterocycles. The molecule has 1 unspecified atom stereocenters. The molecule has 2 heterocycles. The van der Waals surface area contributed by atoms with Gasteiger partial charge in [-0.2, -0.15) is 0 Å². The molecule has 1 saturated carbocycles. The van der Waals surface area contributed by atoms with Crippen LogP contribution in [0.2, 0.25) is 0 Å². The Bertz CT molecular complexity index is 904. The van der Waals surface area contributed by atoms with Crippen molar-refractivity contribution in [2.24, 2.45) is 5.92 Å². The second-order valence-corrected chi connectivity index (χ2v) is 8.16. The van der Waals surface area contributed by atoms with Crippen LogP contribution in [0.15, 0.2) is 36.5 Å². The lowest BCUT2D eigenvalue weighted by Crippen LogP contribution is -2.39. The quantitative estimate of drug-likeness (QED) is 0.754. The molecule has 1 aliphatic carbocycles. The summed E-state index contributed by atoms with van der Waals surface area (Å²) < 4.78 is 0. The highest BCUT2D eigenvalue weighted by atomic mass is 16.4. The highest BCUT2D eigenvalue weighted by Crippen LogP contribution is 2.32. The Balaban J connectivity index is 1.44. The summed E-state index contributed by atoms with van der Waals surface area (Å²) in [7, 11) is 0.